The van der Waals surface area contributed by atoms with Gasteiger partial charge >= 0.3 is 0 Å². The number of pyridine rings is 1. The fraction of sp³-hybridized carbons (Fsp3) is 0.625. The molecule has 0 aliphatic heterocycles. The molecule has 1 aliphatic rings. The minimum absolute atomic E-state index is 0.158. The molecule has 2 rings (SSSR count). The van der Waals surface area contributed by atoms with Gasteiger partial charge in [0.15, 0.2) is 0 Å². The number of aromatic nitrogens is 1. The maximum atomic E-state index is 12.2. The zero-order valence-corrected chi connectivity index (χ0v) is 13.9. The molecule has 0 radical (unpaired) electrons. The molecule has 6 heteroatoms. The Balaban J connectivity index is 1.79. The van der Waals surface area contributed by atoms with E-state index in [0.717, 1.165) is 31.2 Å². The Hall–Kier alpha value is -1.17. The van der Waals surface area contributed by atoms with Crippen molar-refractivity contribution in [2.24, 2.45) is 0 Å². The Labute approximate surface area is 136 Å². The number of nitrogens with one attached hydrogen (secondary N) is 1. The molecule has 122 valence electrons. The van der Waals surface area contributed by atoms with Gasteiger partial charge in [-0.25, -0.2) is 4.98 Å². The summed E-state index contributed by atoms with van der Waals surface area (Å²) in [6, 6.07) is 3.66. The summed E-state index contributed by atoms with van der Waals surface area (Å²) in [6.07, 6.45) is 4.02. The van der Waals surface area contributed by atoms with Crippen molar-refractivity contribution < 1.29 is 14.3 Å². The lowest BCUT2D eigenvalue weighted by Gasteiger charge is -2.29. The SMILES string of the molecule is COCCOC1CCC(NC(=O)c2cc(C)cc(Cl)n2)CC1. The van der Waals surface area contributed by atoms with Crippen LogP contribution in [-0.4, -0.2) is 43.4 Å². The number of carbonyl (C=O) groups is 1. The Morgan fingerprint density at radius 2 is 2.05 bits per heavy atom. The van der Waals surface area contributed by atoms with Gasteiger partial charge in [0.25, 0.3) is 5.91 Å². The first-order chi connectivity index (χ1) is 10.6. The maximum Gasteiger partial charge on any atom is 0.270 e. The van der Waals surface area contributed by atoms with Gasteiger partial charge in [0.2, 0.25) is 0 Å². The molecule has 1 heterocycles. The van der Waals surface area contributed by atoms with Crippen molar-refractivity contribution in [3.63, 3.8) is 0 Å². The average Bonchev–Trinajstić information content (AvgIpc) is 2.48. The van der Waals surface area contributed by atoms with E-state index in [1.54, 1.807) is 19.2 Å². The largest absolute Gasteiger partial charge is 0.382 e. The number of carbonyl (C=O) groups excluding carboxylic acids is 1. The van der Waals surface area contributed by atoms with Gasteiger partial charge in [-0.2, -0.15) is 0 Å². The van der Waals surface area contributed by atoms with Crippen LogP contribution in [0.3, 0.4) is 0 Å². The van der Waals surface area contributed by atoms with Crippen molar-refractivity contribution in [2.75, 3.05) is 20.3 Å². The summed E-state index contributed by atoms with van der Waals surface area (Å²) in [5.74, 6) is -0.158. The third kappa shape index (κ3) is 5.23. The van der Waals surface area contributed by atoms with Crippen LogP contribution < -0.4 is 5.32 Å². The molecule has 0 saturated heterocycles. The molecule has 1 aromatic rings. The quantitative estimate of drug-likeness (QED) is 0.645. The van der Waals surface area contributed by atoms with Crippen LogP contribution in [0, 0.1) is 6.92 Å². The van der Waals surface area contributed by atoms with Crippen LogP contribution in [-0.2, 0) is 9.47 Å². The first-order valence-corrected chi connectivity index (χ1v) is 8.02. The zero-order valence-electron chi connectivity index (χ0n) is 13.1. The average molecular weight is 327 g/mol. The van der Waals surface area contributed by atoms with Crippen LogP contribution in [0.25, 0.3) is 0 Å². The highest BCUT2D eigenvalue weighted by Gasteiger charge is 2.23. The van der Waals surface area contributed by atoms with E-state index in [1.165, 1.54) is 0 Å². The van der Waals surface area contributed by atoms with E-state index in [1.807, 2.05) is 6.92 Å². The first-order valence-electron chi connectivity index (χ1n) is 7.64. The second kappa shape index (κ2) is 8.46. The molecule has 0 spiro atoms. The van der Waals surface area contributed by atoms with Gasteiger partial charge in [0.1, 0.15) is 10.8 Å². The molecule has 1 aliphatic carbocycles. The second-order valence-electron chi connectivity index (χ2n) is 5.66. The lowest BCUT2D eigenvalue weighted by molar-refractivity contribution is -0.00409. The minimum Gasteiger partial charge on any atom is -0.382 e. The molecule has 0 aromatic carbocycles. The van der Waals surface area contributed by atoms with Crippen molar-refractivity contribution in [1.82, 2.24) is 10.3 Å². The monoisotopic (exact) mass is 326 g/mol. The molecule has 0 bridgehead atoms. The van der Waals surface area contributed by atoms with E-state index in [2.05, 4.69) is 10.3 Å². The van der Waals surface area contributed by atoms with Gasteiger partial charge in [0.05, 0.1) is 19.3 Å². The normalized spacial score (nSPS) is 21.6. The number of nitrogens with zero attached hydrogens (tertiary/aromatic N) is 1. The molecule has 1 fully saturated rings. The van der Waals surface area contributed by atoms with Crippen LogP contribution in [0.1, 0.15) is 41.7 Å². The number of halogens is 1. The van der Waals surface area contributed by atoms with Gasteiger partial charge in [-0.15, -0.1) is 0 Å². The summed E-state index contributed by atoms with van der Waals surface area (Å²) in [6.45, 7) is 3.15. The molecule has 1 aromatic heterocycles. The molecule has 1 N–H and O–H groups in total. The Bertz CT molecular complexity index is 482. The van der Waals surface area contributed by atoms with Crippen LogP contribution in [0.5, 0.6) is 0 Å². The number of methoxy groups -OCH3 is 1. The van der Waals surface area contributed by atoms with Gasteiger partial charge in [-0.3, -0.25) is 4.79 Å². The summed E-state index contributed by atoms with van der Waals surface area (Å²) in [5.41, 5.74) is 1.31. The van der Waals surface area contributed by atoms with E-state index in [9.17, 15) is 4.79 Å². The topological polar surface area (TPSA) is 60.5 Å². The Morgan fingerprint density at radius 3 is 2.68 bits per heavy atom. The van der Waals surface area contributed by atoms with E-state index in [-0.39, 0.29) is 18.1 Å². The van der Waals surface area contributed by atoms with E-state index in [0.29, 0.717) is 24.1 Å². The maximum absolute atomic E-state index is 12.2. The van der Waals surface area contributed by atoms with E-state index >= 15 is 0 Å². The molecule has 0 atom stereocenters. The number of amides is 1. The highest BCUT2D eigenvalue weighted by molar-refractivity contribution is 6.29. The van der Waals surface area contributed by atoms with Crippen LogP contribution in [0.4, 0.5) is 0 Å². The third-order valence-electron chi connectivity index (χ3n) is 3.82. The molecule has 5 nitrogen and oxygen atoms in total. The zero-order chi connectivity index (χ0) is 15.9. The molecular formula is C16H23ClN2O3. The predicted octanol–water partition coefficient (Wildman–Crippen LogP) is 2.75. The fourth-order valence-corrected chi connectivity index (χ4v) is 2.94. The number of hydrogen-bond donors (Lipinski definition) is 1. The number of aryl methyl sites for hydroxylation is 1. The molecule has 22 heavy (non-hydrogen) atoms. The first kappa shape index (κ1) is 17.2. The molecule has 1 saturated carbocycles. The smallest absolute Gasteiger partial charge is 0.270 e. The van der Waals surface area contributed by atoms with Gasteiger partial charge in [-0.05, 0) is 50.3 Å². The van der Waals surface area contributed by atoms with Crippen LogP contribution >= 0.6 is 11.6 Å². The Morgan fingerprint density at radius 1 is 1.32 bits per heavy atom. The molecular weight excluding hydrogens is 304 g/mol. The van der Waals surface area contributed by atoms with E-state index < -0.39 is 0 Å². The van der Waals surface area contributed by atoms with Crippen molar-refractivity contribution in [3.05, 3.63) is 28.5 Å². The summed E-state index contributed by atoms with van der Waals surface area (Å²) in [5, 5.41) is 3.38. The van der Waals surface area contributed by atoms with Gasteiger partial charge < -0.3 is 14.8 Å². The summed E-state index contributed by atoms with van der Waals surface area (Å²) in [7, 11) is 1.67. The molecule has 1 amide bonds. The standard InChI is InChI=1S/C16H23ClN2O3/c1-11-9-14(19-15(17)10-11)16(20)18-12-3-5-13(6-4-12)22-8-7-21-2/h9-10,12-13H,3-8H2,1-2H3,(H,18,20). The number of hydrogen-bond acceptors (Lipinski definition) is 4. The van der Waals surface area contributed by atoms with Gasteiger partial charge in [-0.1, -0.05) is 11.6 Å². The Kier molecular flexibility index (Phi) is 6.61. The summed E-state index contributed by atoms with van der Waals surface area (Å²) in [4.78, 5) is 16.3. The lowest BCUT2D eigenvalue weighted by atomic mass is 9.93. The highest BCUT2D eigenvalue weighted by atomic mass is 35.5. The minimum atomic E-state index is -0.158. The third-order valence-corrected chi connectivity index (χ3v) is 4.02. The number of ether oxygens (including phenoxy) is 2. The predicted molar refractivity (Wildman–Crippen MR) is 85.3 cm³/mol. The van der Waals surface area contributed by atoms with Crippen molar-refractivity contribution in [3.8, 4) is 0 Å². The molecule has 0 unspecified atom stereocenters. The van der Waals surface area contributed by atoms with Crippen LogP contribution in [0.2, 0.25) is 5.15 Å². The fourth-order valence-electron chi connectivity index (χ4n) is 2.67. The van der Waals surface area contributed by atoms with Crippen molar-refractivity contribution in [2.45, 2.75) is 44.8 Å². The van der Waals surface area contributed by atoms with Crippen molar-refractivity contribution >= 4 is 17.5 Å². The summed E-state index contributed by atoms with van der Waals surface area (Å²) < 4.78 is 10.7. The lowest BCUT2D eigenvalue weighted by Crippen LogP contribution is -2.39. The number of rotatable bonds is 6. The summed E-state index contributed by atoms with van der Waals surface area (Å²) >= 11 is 5.90. The second-order valence-corrected chi connectivity index (χ2v) is 6.05. The van der Waals surface area contributed by atoms with Crippen LogP contribution in [0.15, 0.2) is 12.1 Å². The van der Waals surface area contributed by atoms with Gasteiger partial charge in [0, 0.05) is 13.2 Å². The highest BCUT2D eigenvalue weighted by Crippen LogP contribution is 2.21. The van der Waals surface area contributed by atoms with Crippen molar-refractivity contribution in [1.29, 1.82) is 0 Å². The van der Waals surface area contributed by atoms with E-state index in [4.69, 9.17) is 21.1 Å².